The predicted octanol–water partition coefficient (Wildman–Crippen LogP) is 0.885. The molecular weight excluding hydrogens is 440 g/mol. The number of benzene rings is 1. The van der Waals surface area contributed by atoms with Crippen molar-refractivity contribution in [2.45, 2.75) is 12.5 Å². The normalized spacial score (nSPS) is 20.2. The van der Waals surface area contributed by atoms with E-state index in [1.54, 1.807) is 11.8 Å². The van der Waals surface area contributed by atoms with Crippen molar-refractivity contribution in [3.63, 3.8) is 0 Å². The van der Waals surface area contributed by atoms with E-state index >= 15 is 0 Å². The number of amides is 1. The van der Waals surface area contributed by atoms with Crippen molar-refractivity contribution in [3.8, 4) is 10.6 Å². The van der Waals surface area contributed by atoms with Crippen LogP contribution in [0.4, 0.5) is 13.8 Å². The number of hydrogen-bond acceptors (Lipinski definition) is 8. The molecular formula is C20H25F2N7O2S. The van der Waals surface area contributed by atoms with Crippen LogP contribution in [0.3, 0.4) is 0 Å². The van der Waals surface area contributed by atoms with E-state index < -0.39 is 23.1 Å². The number of aliphatic imine (C=N–C) groups is 1. The molecule has 1 unspecified atom stereocenters. The summed E-state index contributed by atoms with van der Waals surface area (Å²) in [6, 6.07) is 3.43. The van der Waals surface area contributed by atoms with Crippen LogP contribution < -0.4 is 22.1 Å². The van der Waals surface area contributed by atoms with Gasteiger partial charge in [-0.1, -0.05) is 17.4 Å². The molecule has 9 nitrogen and oxygen atoms in total. The summed E-state index contributed by atoms with van der Waals surface area (Å²) < 4.78 is 28.2. The zero-order chi connectivity index (χ0) is 23.5. The third-order valence-electron chi connectivity index (χ3n) is 4.81. The molecule has 172 valence electrons. The Labute approximate surface area is 187 Å². The number of carbonyl (C=O) groups is 1. The van der Waals surface area contributed by atoms with Crippen LogP contribution in [0.15, 0.2) is 35.1 Å². The number of nitrogens with two attached hydrogens (primary N) is 2. The summed E-state index contributed by atoms with van der Waals surface area (Å²) >= 11 is 0.797. The fraction of sp³-hybridized carbons (Fsp3) is 0.350. The van der Waals surface area contributed by atoms with Gasteiger partial charge in [-0.2, -0.15) is 0 Å². The summed E-state index contributed by atoms with van der Waals surface area (Å²) in [5.41, 5.74) is 10.3. The van der Waals surface area contributed by atoms with Crippen LogP contribution in [0.5, 0.6) is 0 Å². The number of nitrogen functional groups attached to an aromatic ring is 1. The highest BCUT2D eigenvalue weighted by Crippen LogP contribution is 2.33. The molecule has 0 saturated carbocycles. The zero-order valence-electron chi connectivity index (χ0n) is 17.7. The molecule has 1 aliphatic rings. The van der Waals surface area contributed by atoms with Gasteiger partial charge < -0.3 is 32.1 Å². The average molecular weight is 466 g/mol. The molecule has 32 heavy (non-hydrogen) atoms. The van der Waals surface area contributed by atoms with Gasteiger partial charge in [0, 0.05) is 39.4 Å². The summed E-state index contributed by atoms with van der Waals surface area (Å²) in [5.74, 6) is -1.97. The molecule has 12 heteroatoms. The number of nitrogens with zero attached hydrogens (tertiary/aromatic N) is 3. The van der Waals surface area contributed by atoms with Crippen LogP contribution in [0.2, 0.25) is 0 Å². The summed E-state index contributed by atoms with van der Waals surface area (Å²) in [4.78, 5) is 23.0. The van der Waals surface area contributed by atoms with Crippen molar-refractivity contribution in [1.29, 1.82) is 0 Å². The van der Waals surface area contributed by atoms with E-state index in [0.717, 1.165) is 23.5 Å². The minimum absolute atomic E-state index is 0.00609. The minimum Gasteiger partial charge on any atom is -0.403 e. The molecule has 0 radical (unpaired) electrons. The fourth-order valence-electron chi connectivity index (χ4n) is 3.39. The van der Waals surface area contributed by atoms with Crippen LogP contribution in [0, 0.1) is 11.6 Å². The van der Waals surface area contributed by atoms with E-state index in [4.69, 9.17) is 11.5 Å². The van der Waals surface area contributed by atoms with Crippen LogP contribution in [-0.4, -0.2) is 65.6 Å². The number of halogens is 2. The molecule has 3 rings (SSSR count). The molecule has 1 atom stereocenters. The van der Waals surface area contributed by atoms with Gasteiger partial charge in [0.15, 0.2) is 5.69 Å². The monoisotopic (exact) mass is 465 g/mol. The molecule has 1 aromatic carbocycles. The van der Waals surface area contributed by atoms with E-state index in [1.807, 2.05) is 0 Å². The highest BCUT2D eigenvalue weighted by atomic mass is 32.1. The average Bonchev–Trinajstić information content (AvgIpc) is 3.01. The van der Waals surface area contributed by atoms with Crippen molar-refractivity contribution in [2.75, 3.05) is 39.0 Å². The number of hydrogen-bond donors (Lipinski definition) is 5. The molecule has 0 spiro atoms. The molecule has 0 bridgehead atoms. The van der Waals surface area contributed by atoms with E-state index in [1.165, 1.54) is 19.3 Å². The summed E-state index contributed by atoms with van der Waals surface area (Å²) in [5, 5.41) is 16.2. The molecule has 1 aromatic heterocycles. The SMILES string of the molecule is CN=C(/C(=C\N)NC(=O)c1nc(-c2c(F)cccc2F)sc1N)N1CCNCC(C)(O)C1. The van der Waals surface area contributed by atoms with Crippen LogP contribution in [0.25, 0.3) is 10.6 Å². The van der Waals surface area contributed by atoms with Crippen molar-refractivity contribution < 1.29 is 18.7 Å². The Bertz CT molecular complexity index is 1050. The predicted molar refractivity (Wildman–Crippen MR) is 120 cm³/mol. The van der Waals surface area contributed by atoms with Crippen LogP contribution >= 0.6 is 11.3 Å². The molecule has 7 N–H and O–H groups in total. The quantitative estimate of drug-likeness (QED) is 0.333. The second-order valence-electron chi connectivity index (χ2n) is 7.51. The smallest absolute Gasteiger partial charge is 0.277 e. The Morgan fingerprint density at radius 1 is 1.44 bits per heavy atom. The number of rotatable bonds is 4. The first kappa shape index (κ1) is 23.6. The van der Waals surface area contributed by atoms with Crippen molar-refractivity contribution in [2.24, 2.45) is 10.7 Å². The van der Waals surface area contributed by atoms with Crippen molar-refractivity contribution >= 4 is 28.1 Å². The van der Waals surface area contributed by atoms with Crippen LogP contribution in [0.1, 0.15) is 17.4 Å². The van der Waals surface area contributed by atoms with E-state index in [0.29, 0.717) is 25.5 Å². The van der Waals surface area contributed by atoms with Gasteiger partial charge in [-0.15, -0.1) is 0 Å². The first-order valence-electron chi connectivity index (χ1n) is 9.76. The lowest BCUT2D eigenvalue weighted by Crippen LogP contribution is -2.47. The summed E-state index contributed by atoms with van der Waals surface area (Å²) in [6.45, 7) is 3.47. The van der Waals surface area contributed by atoms with Gasteiger partial charge in [-0.25, -0.2) is 13.8 Å². The van der Waals surface area contributed by atoms with Gasteiger partial charge >= 0.3 is 0 Å². The highest BCUT2D eigenvalue weighted by molar-refractivity contribution is 7.19. The fourth-order valence-corrected chi connectivity index (χ4v) is 4.27. The Morgan fingerprint density at radius 3 is 2.75 bits per heavy atom. The third-order valence-corrected chi connectivity index (χ3v) is 5.71. The second kappa shape index (κ2) is 9.59. The number of nitrogens with one attached hydrogen (secondary N) is 2. The van der Waals surface area contributed by atoms with Gasteiger partial charge in [0.25, 0.3) is 5.91 Å². The third kappa shape index (κ3) is 5.03. The first-order valence-corrected chi connectivity index (χ1v) is 10.6. The summed E-state index contributed by atoms with van der Waals surface area (Å²) in [6.07, 6.45) is 1.17. The zero-order valence-corrected chi connectivity index (χ0v) is 18.5. The first-order chi connectivity index (χ1) is 15.2. The van der Waals surface area contributed by atoms with E-state index in [-0.39, 0.29) is 33.5 Å². The molecule has 1 amide bonds. The Kier molecular flexibility index (Phi) is 7.06. The molecule has 2 aromatic rings. The van der Waals surface area contributed by atoms with Crippen molar-refractivity contribution in [1.82, 2.24) is 20.5 Å². The standard InChI is InChI=1S/C20H25F2N7O2S/c1-20(31)9-26-6-7-29(10-20)17(25-2)13(8-23)27-18(30)15-16(24)32-19(28-15)14-11(21)4-3-5-12(14)22/h3-5,8,26,31H,6-7,9-10,23-24H2,1-2H3,(H,27,30)/b13-8+,25-17?. The number of aromatic nitrogens is 1. The van der Waals surface area contributed by atoms with Gasteiger partial charge in [0.05, 0.1) is 16.9 Å². The minimum atomic E-state index is -1.02. The van der Waals surface area contributed by atoms with Gasteiger partial charge in [-0.3, -0.25) is 9.79 Å². The second-order valence-corrected chi connectivity index (χ2v) is 8.54. The van der Waals surface area contributed by atoms with Gasteiger partial charge in [0.2, 0.25) is 0 Å². The lowest BCUT2D eigenvalue weighted by Gasteiger charge is -2.31. The van der Waals surface area contributed by atoms with Gasteiger partial charge in [0.1, 0.15) is 27.5 Å². The maximum atomic E-state index is 14.1. The topological polar surface area (TPSA) is 142 Å². The summed E-state index contributed by atoms with van der Waals surface area (Å²) in [7, 11) is 1.54. The molecule has 1 aliphatic heterocycles. The van der Waals surface area contributed by atoms with E-state index in [2.05, 4.69) is 20.6 Å². The van der Waals surface area contributed by atoms with E-state index in [9.17, 15) is 18.7 Å². The van der Waals surface area contributed by atoms with Gasteiger partial charge in [-0.05, 0) is 19.1 Å². The van der Waals surface area contributed by atoms with Crippen LogP contribution in [-0.2, 0) is 0 Å². The Hall–Kier alpha value is -3.09. The lowest BCUT2D eigenvalue weighted by atomic mass is 10.1. The number of carbonyl (C=O) groups excluding carboxylic acids is 1. The Balaban J connectivity index is 1.85. The highest BCUT2D eigenvalue weighted by Gasteiger charge is 2.30. The number of aliphatic hydroxyl groups is 1. The number of β-amino-alcohol motifs (C(OH)–C–C–N with tert-alkyl or cyclic N) is 1. The maximum absolute atomic E-state index is 14.1. The number of thiazole rings is 1. The van der Waals surface area contributed by atoms with Crippen molar-refractivity contribution in [3.05, 3.63) is 47.4 Å². The number of amidine groups is 1. The number of anilines is 1. The Morgan fingerprint density at radius 2 is 2.12 bits per heavy atom. The largest absolute Gasteiger partial charge is 0.403 e. The molecule has 2 heterocycles. The molecule has 0 aliphatic carbocycles. The lowest BCUT2D eigenvalue weighted by molar-refractivity contribution is 0.0497. The maximum Gasteiger partial charge on any atom is 0.277 e. The molecule has 1 saturated heterocycles. The molecule has 1 fully saturated rings.